The molecule has 0 spiro atoms. The van der Waals surface area contributed by atoms with Crippen LogP contribution in [0, 0.1) is 11.6 Å². The molecule has 1 aliphatic rings. The smallest absolute Gasteiger partial charge is 0.242 e. The average Bonchev–Trinajstić information content (AvgIpc) is 2.93. The van der Waals surface area contributed by atoms with Gasteiger partial charge in [0.25, 0.3) is 0 Å². The molecule has 2 aromatic rings. The summed E-state index contributed by atoms with van der Waals surface area (Å²) < 4.78 is 27.5. The summed E-state index contributed by atoms with van der Waals surface area (Å²) in [6.45, 7) is 2.13. The molecule has 1 N–H and O–H groups in total. The highest BCUT2D eigenvalue weighted by Crippen LogP contribution is 2.32. The predicted octanol–water partition coefficient (Wildman–Crippen LogP) is 3.95. The third-order valence-corrected chi connectivity index (χ3v) is 5.10. The number of para-hydroxylation sites is 2. The largest absolute Gasteiger partial charge is 0.324 e. The normalized spacial score (nSPS) is 18.2. The minimum atomic E-state index is -0.692. The zero-order valence-electron chi connectivity index (χ0n) is 14.5. The Morgan fingerprint density at radius 2 is 1.81 bits per heavy atom. The maximum Gasteiger partial charge on any atom is 0.242 e. The van der Waals surface area contributed by atoms with Gasteiger partial charge in [0.2, 0.25) is 11.8 Å². The lowest BCUT2D eigenvalue weighted by atomic mass is 10.2. The van der Waals surface area contributed by atoms with Crippen molar-refractivity contribution in [2.75, 3.05) is 11.9 Å². The maximum absolute atomic E-state index is 13.8. The number of amides is 2. The van der Waals surface area contributed by atoms with E-state index in [9.17, 15) is 18.4 Å². The average molecular weight is 389 g/mol. The fourth-order valence-corrected chi connectivity index (χ4v) is 3.81. The number of amidine groups is 1. The number of thioether (sulfide) groups is 1. The van der Waals surface area contributed by atoms with E-state index in [0.29, 0.717) is 11.7 Å². The molecule has 0 saturated carbocycles. The van der Waals surface area contributed by atoms with Crippen LogP contribution in [0.15, 0.2) is 53.5 Å². The number of nitrogens with zero attached hydrogens (tertiary/aromatic N) is 2. The molecule has 1 saturated heterocycles. The zero-order valence-corrected chi connectivity index (χ0v) is 15.3. The monoisotopic (exact) mass is 389 g/mol. The molecule has 140 valence electrons. The van der Waals surface area contributed by atoms with Crippen molar-refractivity contribution < 1.29 is 18.4 Å². The first-order chi connectivity index (χ1) is 13.0. The summed E-state index contributed by atoms with van der Waals surface area (Å²) in [4.78, 5) is 30.4. The number of aliphatic imine (C=N–C) groups is 1. The molecule has 1 atom stereocenters. The van der Waals surface area contributed by atoms with E-state index in [0.717, 1.165) is 11.8 Å². The van der Waals surface area contributed by atoms with Crippen molar-refractivity contribution in [2.45, 2.75) is 18.6 Å². The highest BCUT2D eigenvalue weighted by Gasteiger charge is 2.38. The van der Waals surface area contributed by atoms with Gasteiger partial charge in [0.05, 0.1) is 5.69 Å². The summed E-state index contributed by atoms with van der Waals surface area (Å²) in [6, 6.07) is 11.8. The quantitative estimate of drug-likeness (QED) is 0.842. The van der Waals surface area contributed by atoms with Crippen LogP contribution in [0.2, 0.25) is 0 Å². The molecule has 0 aliphatic carbocycles. The fourth-order valence-electron chi connectivity index (χ4n) is 2.59. The standard InChI is InChI=1S/C19H17F2N3O2S/c1-2-24-18(26)16(11-17(25)22-14-9-5-3-7-12(14)20)27-19(24)23-15-10-6-4-8-13(15)21/h3-10,16H,2,11H2,1H3,(H,22,25). The van der Waals surface area contributed by atoms with Crippen LogP contribution in [0.1, 0.15) is 13.3 Å². The van der Waals surface area contributed by atoms with E-state index >= 15 is 0 Å². The van der Waals surface area contributed by atoms with Gasteiger partial charge in [0.15, 0.2) is 5.17 Å². The minimum Gasteiger partial charge on any atom is -0.324 e. The Balaban J connectivity index is 1.74. The van der Waals surface area contributed by atoms with E-state index in [1.54, 1.807) is 25.1 Å². The molecule has 5 nitrogen and oxygen atoms in total. The number of carbonyl (C=O) groups is 2. The number of halogens is 2. The number of benzene rings is 2. The van der Waals surface area contributed by atoms with Gasteiger partial charge in [-0.15, -0.1) is 0 Å². The van der Waals surface area contributed by atoms with Gasteiger partial charge in [-0.25, -0.2) is 13.8 Å². The maximum atomic E-state index is 13.8. The molecule has 8 heteroatoms. The topological polar surface area (TPSA) is 61.8 Å². The Bertz CT molecular complexity index is 904. The Kier molecular flexibility index (Phi) is 5.85. The van der Waals surface area contributed by atoms with E-state index in [-0.39, 0.29) is 23.7 Å². The second-order valence-electron chi connectivity index (χ2n) is 5.77. The van der Waals surface area contributed by atoms with Crippen LogP contribution in [0.3, 0.4) is 0 Å². The molecule has 3 rings (SSSR count). The number of carbonyl (C=O) groups excluding carboxylic acids is 2. The Morgan fingerprint density at radius 3 is 2.48 bits per heavy atom. The molecule has 0 radical (unpaired) electrons. The minimum absolute atomic E-state index is 0.0607. The van der Waals surface area contributed by atoms with Gasteiger partial charge < -0.3 is 5.32 Å². The van der Waals surface area contributed by atoms with Gasteiger partial charge in [0, 0.05) is 13.0 Å². The molecular weight excluding hydrogens is 372 g/mol. The van der Waals surface area contributed by atoms with Crippen molar-refractivity contribution in [1.29, 1.82) is 0 Å². The van der Waals surface area contributed by atoms with Crippen LogP contribution < -0.4 is 5.32 Å². The van der Waals surface area contributed by atoms with Crippen LogP contribution in [0.4, 0.5) is 20.2 Å². The Labute approximate surface area is 159 Å². The van der Waals surface area contributed by atoms with Gasteiger partial charge in [-0.3, -0.25) is 14.5 Å². The third-order valence-electron chi connectivity index (χ3n) is 3.92. The number of hydrogen-bond acceptors (Lipinski definition) is 4. The first kappa shape index (κ1) is 19.0. The number of anilines is 1. The molecule has 1 heterocycles. The molecule has 1 fully saturated rings. The van der Waals surface area contributed by atoms with Crippen LogP contribution in [-0.4, -0.2) is 33.7 Å². The third kappa shape index (κ3) is 4.33. The van der Waals surface area contributed by atoms with Crippen molar-refractivity contribution in [2.24, 2.45) is 4.99 Å². The van der Waals surface area contributed by atoms with Crippen molar-refractivity contribution in [3.63, 3.8) is 0 Å². The molecule has 27 heavy (non-hydrogen) atoms. The van der Waals surface area contributed by atoms with Crippen LogP contribution >= 0.6 is 11.8 Å². The summed E-state index contributed by atoms with van der Waals surface area (Å²) in [5.41, 5.74) is 0.188. The number of nitrogens with one attached hydrogen (secondary N) is 1. The van der Waals surface area contributed by atoms with Crippen molar-refractivity contribution in [3.8, 4) is 0 Å². The zero-order chi connectivity index (χ0) is 19.4. The SMILES string of the molecule is CCN1C(=O)C(CC(=O)Nc2ccccc2F)SC1=Nc1ccccc1F. The van der Waals surface area contributed by atoms with Crippen molar-refractivity contribution in [3.05, 3.63) is 60.2 Å². The first-order valence-electron chi connectivity index (χ1n) is 8.35. The predicted molar refractivity (Wildman–Crippen MR) is 102 cm³/mol. The van der Waals surface area contributed by atoms with Gasteiger partial charge in [-0.2, -0.15) is 0 Å². The van der Waals surface area contributed by atoms with Crippen LogP contribution in [-0.2, 0) is 9.59 Å². The molecule has 1 unspecified atom stereocenters. The van der Waals surface area contributed by atoms with Gasteiger partial charge >= 0.3 is 0 Å². The lowest BCUT2D eigenvalue weighted by Crippen LogP contribution is -2.33. The van der Waals surface area contributed by atoms with Crippen LogP contribution in [0.25, 0.3) is 0 Å². The molecule has 1 aliphatic heterocycles. The number of rotatable bonds is 5. The van der Waals surface area contributed by atoms with Crippen molar-refractivity contribution >= 4 is 40.1 Å². The van der Waals surface area contributed by atoms with E-state index in [1.807, 2.05) is 0 Å². The van der Waals surface area contributed by atoms with Crippen LogP contribution in [0.5, 0.6) is 0 Å². The fraction of sp³-hybridized carbons (Fsp3) is 0.211. The van der Waals surface area contributed by atoms with Gasteiger partial charge in [-0.05, 0) is 31.2 Å². The molecule has 2 aromatic carbocycles. The van der Waals surface area contributed by atoms with Crippen molar-refractivity contribution in [1.82, 2.24) is 4.90 Å². The Morgan fingerprint density at radius 1 is 1.15 bits per heavy atom. The number of hydrogen-bond donors (Lipinski definition) is 1. The van der Waals surface area contributed by atoms with E-state index in [1.165, 1.54) is 35.2 Å². The second-order valence-corrected chi connectivity index (χ2v) is 6.94. The first-order valence-corrected chi connectivity index (χ1v) is 9.23. The summed E-state index contributed by atoms with van der Waals surface area (Å²) in [5.74, 6) is -1.79. The van der Waals surface area contributed by atoms with Gasteiger partial charge in [-0.1, -0.05) is 36.0 Å². The molecule has 0 bridgehead atoms. The second kappa shape index (κ2) is 8.30. The molecule has 0 aromatic heterocycles. The summed E-state index contributed by atoms with van der Waals surface area (Å²) in [5, 5.41) is 2.12. The highest BCUT2D eigenvalue weighted by molar-refractivity contribution is 8.15. The van der Waals surface area contributed by atoms with E-state index < -0.39 is 22.8 Å². The molecule has 2 amide bonds. The van der Waals surface area contributed by atoms with Gasteiger partial charge in [0.1, 0.15) is 22.6 Å². The highest BCUT2D eigenvalue weighted by atomic mass is 32.2. The summed E-state index contributed by atoms with van der Waals surface area (Å²) in [7, 11) is 0. The lowest BCUT2D eigenvalue weighted by molar-refractivity contribution is -0.128. The van der Waals surface area contributed by atoms with E-state index in [4.69, 9.17) is 0 Å². The summed E-state index contributed by atoms with van der Waals surface area (Å²) >= 11 is 1.10. The molecular formula is C19H17F2N3O2S. The lowest BCUT2D eigenvalue weighted by Gasteiger charge is -2.13. The van der Waals surface area contributed by atoms with E-state index in [2.05, 4.69) is 10.3 Å². The summed E-state index contributed by atoms with van der Waals surface area (Å²) in [6.07, 6.45) is -0.134. The Hall–Kier alpha value is -2.74.